The lowest BCUT2D eigenvalue weighted by Crippen LogP contribution is -2.32. The van der Waals surface area contributed by atoms with Crippen molar-refractivity contribution in [3.05, 3.63) is 45.8 Å². The van der Waals surface area contributed by atoms with Crippen molar-refractivity contribution >= 4 is 5.97 Å². The van der Waals surface area contributed by atoms with Crippen LogP contribution in [0.15, 0.2) is 23.3 Å². The SMILES string of the molecule is CCOC(=O)C(NCCCN=[N+]=[N-])c1ccc(F)cc1F. The molecule has 0 spiro atoms. The number of nitrogens with one attached hydrogen (secondary N) is 1. The summed E-state index contributed by atoms with van der Waals surface area (Å²) in [4.78, 5) is 14.5. The van der Waals surface area contributed by atoms with Crippen LogP contribution < -0.4 is 5.32 Å². The third-order valence-electron chi connectivity index (χ3n) is 2.64. The molecule has 0 bridgehead atoms. The molecule has 0 heterocycles. The molecule has 1 N–H and O–H groups in total. The molecule has 0 aliphatic rings. The zero-order chi connectivity index (χ0) is 15.7. The van der Waals surface area contributed by atoms with Crippen LogP contribution in [-0.2, 0) is 9.53 Å². The maximum absolute atomic E-state index is 13.8. The van der Waals surface area contributed by atoms with Gasteiger partial charge in [0, 0.05) is 23.1 Å². The Morgan fingerprint density at radius 2 is 2.29 bits per heavy atom. The topological polar surface area (TPSA) is 87.1 Å². The Labute approximate surface area is 120 Å². The quantitative estimate of drug-likeness (QED) is 0.263. The lowest BCUT2D eigenvalue weighted by molar-refractivity contribution is -0.145. The van der Waals surface area contributed by atoms with Crippen molar-refractivity contribution in [2.45, 2.75) is 19.4 Å². The molecule has 6 nitrogen and oxygen atoms in total. The molecule has 0 saturated heterocycles. The van der Waals surface area contributed by atoms with E-state index in [1.54, 1.807) is 6.92 Å². The van der Waals surface area contributed by atoms with Crippen molar-refractivity contribution in [2.24, 2.45) is 5.11 Å². The number of carbonyl (C=O) groups excluding carboxylic acids is 1. The van der Waals surface area contributed by atoms with E-state index in [0.717, 1.165) is 6.07 Å². The molecule has 1 aromatic rings. The summed E-state index contributed by atoms with van der Waals surface area (Å²) < 4.78 is 31.6. The standard InChI is InChI=1S/C13H16F2N4O2/c1-2-21-13(20)12(17-6-3-7-18-19-16)10-5-4-9(14)8-11(10)15/h4-5,8,12,17H,2-3,6-7H2,1H3. The molecule has 114 valence electrons. The summed E-state index contributed by atoms with van der Waals surface area (Å²) in [5.41, 5.74) is 8.16. The third-order valence-corrected chi connectivity index (χ3v) is 2.64. The molecule has 1 atom stereocenters. The van der Waals surface area contributed by atoms with Crippen LogP contribution in [0.5, 0.6) is 0 Å². The van der Waals surface area contributed by atoms with Gasteiger partial charge in [0.1, 0.15) is 17.7 Å². The van der Waals surface area contributed by atoms with Gasteiger partial charge < -0.3 is 10.1 Å². The molecule has 0 radical (unpaired) electrons. The van der Waals surface area contributed by atoms with Gasteiger partial charge in [0.05, 0.1) is 6.61 Å². The molecule has 0 aliphatic heterocycles. The van der Waals surface area contributed by atoms with Gasteiger partial charge in [0.15, 0.2) is 0 Å². The molecule has 0 amide bonds. The number of carbonyl (C=O) groups is 1. The Kier molecular flexibility index (Phi) is 7.14. The second-order valence-electron chi connectivity index (χ2n) is 4.11. The van der Waals surface area contributed by atoms with E-state index >= 15 is 0 Å². The summed E-state index contributed by atoms with van der Waals surface area (Å²) >= 11 is 0. The highest BCUT2D eigenvalue weighted by atomic mass is 19.1. The molecule has 8 heteroatoms. The first-order valence-electron chi connectivity index (χ1n) is 6.46. The predicted molar refractivity (Wildman–Crippen MR) is 72.4 cm³/mol. The first-order chi connectivity index (χ1) is 10.1. The molecule has 0 aromatic heterocycles. The van der Waals surface area contributed by atoms with E-state index in [4.69, 9.17) is 10.3 Å². The highest BCUT2D eigenvalue weighted by molar-refractivity contribution is 5.77. The molecule has 0 fully saturated rings. The molecule has 1 rings (SSSR count). The van der Waals surface area contributed by atoms with Crippen LogP contribution in [-0.4, -0.2) is 25.7 Å². The summed E-state index contributed by atoms with van der Waals surface area (Å²) in [6, 6.07) is 1.96. The molecule has 0 saturated carbocycles. The molecule has 1 aromatic carbocycles. The fourth-order valence-corrected chi connectivity index (χ4v) is 1.72. The summed E-state index contributed by atoms with van der Waals surface area (Å²) in [5.74, 6) is -2.19. The first kappa shape index (κ1) is 16.9. The third kappa shape index (κ3) is 5.37. The minimum absolute atomic E-state index is 0.0126. The average molecular weight is 298 g/mol. The summed E-state index contributed by atoms with van der Waals surface area (Å²) in [6.07, 6.45) is 0.475. The number of rotatable bonds is 8. The summed E-state index contributed by atoms with van der Waals surface area (Å²) in [7, 11) is 0. The van der Waals surface area contributed by atoms with Crippen LogP contribution in [0.2, 0.25) is 0 Å². The number of nitrogens with zero attached hydrogens (tertiary/aromatic N) is 3. The normalized spacial score (nSPS) is 11.6. The van der Waals surface area contributed by atoms with Crippen LogP contribution >= 0.6 is 0 Å². The molecular weight excluding hydrogens is 282 g/mol. The average Bonchev–Trinajstić information content (AvgIpc) is 2.44. The minimum atomic E-state index is -1.03. The Morgan fingerprint density at radius 3 is 2.90 bits per heavy atom. The highest BCUT2D eigenvalue weighted by Crippen LogP contribution is 2.19. The Morgan fingerprint density at radius 1 is 1.52 bits per heavy atom. The second kappa shape index (κ2) is 8.89. The number of benzene rings is 1. The Balaban J connectivity index is 2.81. The Bertz CT molecular complexity index is 533. The summed E-state index contributed by atoms with van der Waals surface area (Å²) in [6.45, 7) is 2.36. The number of hydrogen-bond donors (Lipinski definition) is 1. The van der Waals surface area contributed by atoms with Gasteiger partial charge >= 0.3 is 5.97 Å². The second-order valence-corrected chi connectivity index (χ2v) is 4.11. The summed E-state index contributed by atoms with van der Waals surface area (Å²) in [5, 5.41) is 6.17. The van der Waals surface area contributed by atoms with E-state index in [1.165, 1.54) is 6.07 Å². The highest BCUT2D eigenvalue weighted by Gasteiger charge is 2.24. The van der Waals surface area contributed by atoms with Crippen molar-refractivity contribution in [3.63, 3.8) is 0 Å². The van der Waals surface area contributed by atoms with Crippen molar-refractivity contribution in [1.82, 2.24) is 5.32 Å². The van der Waals surface area contributed by atoms with E-state index in [-0.39, 0.29) is 18.7 Å². The van der Waals surface area contributed by atoms with Gasteiger partial charge in [-0.25, -0.2) is 13.6 Å². The number of azide groups is 1. The number of ether oxygens (including phenoxy) is 1. The van der Waals surface area contributed by atoms with E-state index < -0.39 is 23.6 Å². The maximum atomic E-state index is 13.8. The maximum Gasteiger partial charge on any atom is 0.327 e. The van der Waals surface area contributed by atoms with Gasteiger partial charge in [-0.3, -0.25) is 0 Å². The van der Waals surface area contributed by atoms with Gasteiger partial charge in [-0.15, -0.1) is 0 Å². The fraction of sp³-hybridized carbons (Fsp3) is 0.462. The molecule has 21 heavy (non-hydrogen) atoms. The van der Waals surface area contributed by atoms with Crippen molar-refractivity contribution < 1.29 is 18.3 Å². The van der Waals surface area contributed by atoms with Crippen LogP contribution in [0.3, 0.4) is 0 Å². The molecule has 1 unspecified atom stereocenters. The van der Waals surface area contributed by atoms with Gasteiger partial charge in [-0.2, -0.15) is 0 Å². The molecular formula is C13H16F2N4O2. The largest absolute Gasteiger partial charge is 0.465 e. The Hall–Kier alpha value is -2.18. The van der Waals surface area contributed by atoms with Crippen LogP contribution in [0.25, 0.3) is 10.4 Å². The lowest BCUT2D eigenvalue weighted by Gasteiger charge is -2.18. The van der Waals surface area contributed by atoms with E-state index in [9.17, 15) is 13.6 Å². The van der Waals surface area contributed by atoms with E-state index in [2.05, 4.69) is 15.3 Å². The van der Waals surface area contributed by atoms with Crippen molar-refractivity contribution in [3.8, 4) is 0 Å². The van der Waals surface area contributed by atoms with Gasteiger partial charge in [-0.1, -0.05) is 11.2 Å². The van der Waals surface area contributed by atoms with Gasteiger partial charge in [-0.05, 0) is 31.5 Å². The van der Waals surface area contributed by atoms with Crippen LogP contribution in [0, 0.1) is 11.6 Å². The zero-order valence-corrected chi connectivity index (χ0v) is 11.6. The van der Waals surface area contributed by atoms with Crippen molar-refractivity contribution in [1.29, 1.82) is 0 Å². The smallest absolute Gasteiger partial charge is 0.327 e. The van der Waals surface area contributed by atoms with E-state index in [0.29, 0.717) is 19.0 Å². The van der Waals surface area contributed by atoms with E-state index in [1.807, 2.05) is 0 Å². The zero-order valence-electron chi connectivity index (χ0n) is 11.6. The van der Waals surface area contributed by atoms with Crippen LogP contribution in [0.4, 0.5) is 8.78 Å². The van der Waals surface area contributed by atoms with Gasteiger partial charge in [0.25, 0.3) is 0 Å². The lowest BCUT2D eigenvalue weighted by atomic mass is 10.1. The number of esters is 1. The monoisotopic (exact) mass is 298 g/mol. The van der Waals surface area contributed by atoms with Crippen molar-refractivity contribution in [2.75, 3.05) is 19.7 Å². The number of hydrogen-bond acceptors (Lipinski definition) is 4. The fourth-order valence-electron chi connectivity index (χ4n) is 1.72. The minimum Gasteiger partial charge on any atom is -0.465 e. The van der Waals surface area contributed by atoms with Crippen LogP contribution in [0.1, 0.15) is 24.9 Å². The predicted octanol–water partition coefficient (Wildman–Crippen LogP) is 2.86. The molecule has 0 aliphatic carbocycles. The van der Waals surface area contributed by atoms with Gasteiger partial charge in [0.2, 0.25) is 0 Å². The number of halogens is 2. The first-order valence-corrected chi connectivity index (χ1v) is 6.46.